The molecule has 29 heavy (non-hydrogen) atoms. The average molecular weight is 435 g/mol. The summed E-state index contributed by atoms with van der Waals surface area (Å²) >= 11 is 0. The van der Waals surface area contributed by atoms with Crippen LogP contribution < -0.4 is 10.6 Å². The number of nitrogens with zero attached hydrogens (tertiary/aromatic N) is 2. The number of sulfone groups is 1. The fourth-order valence-electron chi connectivity index (χ4n) is 3.25. The Bertz CT molecular complexity index is 780. The molecule has 2 rings (SSSR count). The Morgan fingerprint density at radius 2 is 1.93 bits per heavy atom. The minimum absolute atomic E-state index is 0.122. The zero-order valence-electron chi connectivity index (χ0n) is 16.8. The quantitative estimate of drug-likeness (QED) is 0.484. The van der Waals surface area contributed by atoms with Gasteiger partial charge in [-0.15, -0.1) is 0 Å². The van der Waals surface area contributed by atoms with Crippen molar-refractivity contribution >= 4 is 15.8 Å². The minimum Gasteiger partial charge on any atom is -0.357 e. The van der Waals surface area contributed by atoms with Gasteiger partial charge in [0.25, 0.3) is 0 Å². The third kappa shape index (κ3) is 8.61. The number of hydrogen-bond donors (Lipinski definition) is 2. The predicted octanol–water partition coefficient (Wildman–Crippen LogP) is 2.07. The molecule has 0 bridgehead atoms. The van der Waals surface area contributed by atoms with Gasteiger partial charge in [0, 0.05) is 32.4 Å². The van der Waals surface area contributed by atoms with Gasteiger partial charge in [-0.2, -0.15) is 13.2 Å². The van der Waals surface area contributed by atoms with E-state index in [2.05, 4.69) is 15.6 Å². The van der Waals surface area contributed by atoms with Crippen LogP contribution in [0.4, 0.5) is 13.2 Å². The van der Waals surface area contributed by atoms with E-state index in [9.17, 15) is 21.6 Å². The first kappa shape index (κ1) is 23.5. The molecule has 10 heteroatoms. The molecule has 164 valence electrons. The van der Waals surface area contributed by atoms with E-state index in [1.54, 1.807) is 24.3 Å². The van der Waals surface area contributed by atoms with Crippen molar-refractivity contribution in [3.8, 4) is 0 Å². The summed E-state index contributed by atoms with van der Waals surface area (Å²) in [5.74, 6) is 0.755. The van der Waals surface area contributed by atoms with Crippen molar-refractivity contribution in [2.24, 2.45) is 10.9 Å². The summed E-state index contributed by atoms with van der Waals surface area (Å²) in [6.45, 7) is 3.72. The maximum absolute atomic E-state index is 12.5. The minimum atomic E-state index is -4.16. The average Bonchev–Trinajstić information content (AvgIpc) is 3.05. The lowest BCUT2D eigenvalue weighted by molar-refractivity contribution is -0.143. The third-order valence-corrected chi connectivity index (χ3v) is 5.81. The molecule has 1 aliphatic rings. The van der Waals surface area contributed by atoms with Crippen molar-refractivity contribution in [2.75, 3.05) is 45.5 Å². The second-order valence-electron chi connectivity index (χ2n) is 7.32. The summed E-state index contributed by atoms with van der Waals surface area (Å²) in [6.07, 6.45) is -1.58. The van der Waals surface area contributed by atoms with Gasteiger partial charge in [-0.25, -0.2) is 8.42 Å². The van der Waals surface area contributed by atoms with E-state index in [0.717, 1.165) is 5.56 Å². The van der Waals surface area contributed by atoms with Crippen molar-refractivity contribution in [3.63, 3.8) is 0 Å². The molecular formula is C19H29F3N4O2S. The van der Waals surface area contributed by atoms with Crippen LogP contribution in [-0.2, 0) is 16.3 Å². The summed E-state index contributed by atoms with van der Waals surface area (Å²) in [4.78, 5) is 6.23. The molecule has 1 atom stereocenters. The van der Waals surface area contributed by atoms with Crippen LogP contribution in [0.2, 0.25) is 0 Å². The van der Waals surface area contributed by atoms with Crippen molar-refractivity contribution in [2.45, 2.75) is 30.8 Å². The number of likely N-dealkylation sites (tertiary alicyclic amines) is 1. The number of benzene rings is 1. The lowest BCUT2D eigenvalue weighted by Gasteiger charge is -2.17. The van der Waals surface area contributed by atoms with E-state index >= 15 is 0 Å². The number of halogens is 3. The zero-order valence-corrected chi connectivity index (χ0v) is 17.6. The van der Waals surface area contributed by atoms with E-state index in [1.165, 1.54) is 11.2 Å². The van der Waals surface area contributed by atoms with Crippen LogP contribution in [0.1, 0.15) is 18.9 Å². The highest BCUT2D eigenvalue weighted by Gasteiger charge is 2.34. The summed E-state index contributed by atoms with van der Waals surface area (Å²) in [6, 6.07) is 6.76. The summed E-state index contributed by atoms with van der Waals surface area (Å²) in [7, 11) is -3.20. The molecule has 1 heterocycles. The maximum atomic E-state index is 12.5. The fraction of sp³-hybridized carbons (Fsp3) is 0.632. The topological polar surface area (TPSA) is 73.8 Å². The van der Waals surface area contributed by atoms with Crippen molar-refractivity contribution in [3.05, 3.63) is 29.8 Å². The van der Waals surface area contributed by atoms with Gasteiger partial charge >= 0.3 is 6.18 Å². The Balaban J connectivity index is 1.80. The number of guanidine groups is 1. The van der Waals surface area contributed by atoms with E-state index in [-0.39, 0.29) is 5.92 Å². The smallest absolute Gasteiger partial charge is 0.357 e. The molecule has 1 fully saturated rings. The predicted molar refractivity (Wildman–Crippen MR) is 108 cm³/mol. The molecule has 0 aliphatic carbocycles. The van der Waals surface area contributed by atoms with Crippen LogP contribution in [0.25, 0.3) is 0 Å². The van der Waals surface area contributed by atoms with E-state index < -0.39 is 22.6 Å². The molecule has 0 amide bonds. The van der Waals surface area contributed by atoms with Crippen molar-refractivity contribution in [1.29, 1.82) is 0 Å². The van der Waals surface area contributed by atoms with Gasteiger partial charge in [-0.3, -0.25) is 9.89 Å². The van der Waals surface area contributed by atoms with Gasteiger partial charge in [0.05, 0.1) is 11.4 Å². The maximum Gasteiger partial charge on any atom is 0.401 e. The first-order valence-electron chi connectivity index (χ1n) is 9.67. The highest BCUT2D eigenvalue weighted by molar-refractivity contribution is 7.90. The molecule has 1 unspecified atom stereocenters. The summed E-state index contributed by atoms with van der Waals surface area (Å²) in [5.41, 5.74) is 0.999. The van der Waals surface area contributed by atoms with E-state index in [0.29, 0.717) is 56.4 Å². The normalized spacial score (nSPS) is 18.8. The molecule has 0 spiro atoms. The molecule has 1 aliphatic heterocycles. The monoisotopic (exact) mass is 434 g/mol. The number of rotatable bonds is 8. The van der Waals surface area contributed by atoms with E-state index in [1.807, 2.05) is 6.92 Å². The van der Waals surface area contributed by atoms with Crippen LogP contribution in [0.15, 0.2) is 34.2 Å². The van der Waals surface area contributed by atoms with Crippen LogP contribution >= 0.6 is 0 Å². The van der Waals surface area contributed by atoms with Crippen LogP contribution in [0.5, 0.6) is 0 Å². The fourth-order valence-corrected chi connectivity index (χ4v) is 3.88. The molecule has 0 radical (unpaired) electrons. The number of hydrogen-bond acceptors (Lipinski definition) is 4. The van der Waals surface area contributed by atoms with Crippen molar-refractivity contribution in [1.82, 2.24) is 15.5 Å². The molecule has 1 saturated heterocycles. The number of nitrogens with one attached hydrogen (secondary N) is 2. The van der Waals surface area contributed by atoms with Crippen molar-refractivity contribution < 1.29 is 21.6 Å². The van der Waals surface area contributed by atoms with E-state index in [4.69, 9.17) is 0 Å². The van der Waals surface area contributed by atoms with Gasteiger partial charge in [0.15, 0.2) is 15.8 Å². The number of aliphatic imine (C=N–C) groups is 1. The number of alkyl halides is 3. The Morgan fingerprint density at radius 3 is 2.52 bits per heavy atom. The van der Waals surface area contributed by atoms with Gasteiger partial charge in [-0.1, -0.05) is 12.1 Å². The highest BCUT2D eigenvalue weighted by Crippen LogP contribution is 2.22. The third-order valence-electron chi connectivity index (χ3n) is 4.68. The highest BCUT2D eigenvalue weighted by atomic mass is 32.2. The summed E-state index contributed by atoms with van der Waals surface area (Å²) < 4.78 is 60.5. The summed E-state index contributed by atoms with van der Waals surface area (Å²) in [5, 5.41) is 6.35. The second-order valence-corrected chi connectivity index (χ2v) is 9.33. The molecule has 6 nitrogen and oxygen atoms in total. The lowest BCUT2D eigenvalue weighted by Crippen LogP contribution is -2.38. The largest absolute Gasteiger partial charge is 0.401 e. The zero-order chi connectivity index (χ0) is 21.5. The molecule has 1 aromatic carbocycles. The molecule has 1 aromatic rings. The van der Waals surface area contributed by atoms with Gasteiger partial charge in [0.2, 0.25) is 0 Å². The Kier molecular flexibility index (Phi) is 8.33. The standard InChI is InChI=1S/C19H29F3N4O2S/c1-3-23-18(25-12-16-9-11-26(13-16)14-19(20,21)22)24-10-8-15-4-6-17(7-5-15)29(2,27)28/h4-7,16H,3,8-14H2,1-2H3,(H2,23,24,25). The molecular weight excluding hydrogens is 405 g/mol. The lowest BCUT2D eigenvalue weighted by atomic mass is 10.1. The SMILES string of the molecule is CCNC(=NCC1CCN(CC(F)(F)F)C1)NCCc1ccc(S(C)(=O)=O)cc1. The first-order chi connectivity index (χ1) is 13.6. The van der Waals surface area contributed by atoms with Crippen LogP contribution in [0, 0.1) is 5.92 Å². The molecule has 0 saturated carbocycles. The van der Waals surface area contributed by atoms with Crippen LogP contribution in [-0.4, -0.2) is 71.0 Å². The Labute approximate surface area is 170 Å². The van der Waals surface area contributed by atoms with Gasteiger partial charge in [0.1, 0.15) is 0 Å². The molecule has 0 aromatic heterocycles. The van der Waals surface area contributed by atoms with Crippen LogP contribution in [0.3, 0.4) is 0 Å². The second kappa shape index (κ2) is 10.3. The van der Waals surface area contributed by atoms with Gasteiger partial charge in [-0.05, 0) is 49.9 Å². The van der Waals surface area contributed by atoms with Gasteiger partial charge < -0.3 is 10.6 Å². The Morgan fingerprint density at radius 1 is 1.24 bits per heavy atom. The Hall–Kier alpha value is -1.81. The first-order valence-corrected chi connectivity index (χ1v) is 11.6. The molecule has 2 N–H and O–H groups in total.